The zero-order valence-electron chi connectivity index (χ0n) is 67.3. The van der Waals surface area contributed by atoms with Crippen LogP contribution in [0.5, 0.6) is 46.0 Å². The van der Waals surface area contributed by atoms with Crippen LogP contribution in [0.4, 0.5) is 5.69 Å². The van der Waals surface area contributed by atoms with Crippen molar-refractivity contribution in [3.63, 3.8) is 0 Å². The lowest BCUT2D eigenvalue weighted by atomic mass is 9.84. The van der Waals surface area contributed by atoms with Gasteiger partial charge in [-0.15, -0.1) is 0 Å². The van der Waals surface area contributed by atoms with Crippen molar-refractivity contribution in [3.8, 4) is 57.1 Å². The number of ether oxygens (including phenoxy) is 6. The van der Waals surface area contributed by atoms with Gasteiger partial charge >= 0.3 is 11.8 Å². The van der Waals surface area contributed by atoms with Crippen LogP contribution >= 0.6 is 34.8 Å². The predicted octanol–water partition coefficient (Wildman–Crippen LogP) is 1.82. The van der Waals surface area contributed by atoms with Crippen molar-refractivity contribution in [2.24, 2.45) is 17.4 Å². The molecule has 14 rings (SSSR count). The topological polar surface area (TPSA) is 622 Å². The van der Waals surface area contributed by atoms with Crippen LogP contribution in [0.2, 0.25) is 15.1 Å². The van der Waals surface area contributed by atoms with Crippen LogP contribution in [-0.2, 0) is 73.5 Å². The third-order valence-electron chi connectivity index (χ3n) is 21.3. The standard InChI is InChI=1S/C83H89Cl3N14O26.CH4/c1-33(2)18-48(89-5)74(113)97-64-66(107)38-10-15-52(46(85)21-38)122-54-23-40-24-55(70(54)126-82-71(69(110)68(109)56(32-101)124-82)125-59-28-83(4,72(111)34(3)121-59)91-30-36-19-42(31-90-29-36)92-58(106)17-8-35-6-12-41(84)13-7-35)123-53-16-11-39(22-47(53)86)67(108)65-79(118)96-63(80(119)99-100-81(120)73(88)112)45-25-43(102)26-51(104)60(45)44-20-37(9-14-50(44)103)61(76(115)98-65)95-77(116)62(40)94-75(114)49(27-57(87)105)93-78(64)117;/h6-17,19-26,29,31,33-34,48-49,56,59,61-69,71-72,82,89,91,101-104,107-111H,18,27-28,30,32H2,1-5H3,(H2,87,105)(H2,88,112)(H,92,106)(H,93,117)(H,94,114)(H,95,116)(H,96,118)(H,97,113)(H,98,115)(H,99,119)(H,100,120);1H4/b17-8+;. The molecule has 7 aromatic rings. The number of phenols is 3. The van der Waals surface area contributed by atoms with Gasteiger partial charge in [0.1, 0.15) is 95.5 Å². The molecule has 2 saturated heterocycles. The maximum absolute atomic E-state index is 16.3. The van der Waals surface area contributed by atoms with Gasteiger partial charge < -0.3 is 134 Å². The van der Waals surface area contributed by atoms with Gasteiger partial charge in [0.15, 0.2) is 23.9 Å². The van der Waals surface area contributed by atoms with Gasteiger partial charge in [0.05, 0.1) is 53.2 Å². The van der Waals surface area contributed by atoms with Crippen LogP contribution in [0.25, 0.3) is 17.2 Å². The number of phenolic OH excluding ortho intramolecular Hbond substituents is 3. The van der Waals surface area contributed by atoms with Gasteiger partial charge in [-0.3, -0.25) is 68.6 Å². The number of halogens is 3. The Morgan fingerprint density at radius 1 is 0.693 bits per heavy atom. The predicted molar refractivity (Wildman–Crippen MR) is 450 cm³/mol. The number of rotatable bonds is 19. The molecule has 0 spiro atoms. The molecule has 11 amide bonds. The van der Waals surface area contributed by atoms with Crippen molar-refractivity contribution in [1.82, 2.24) is 58.4 Å². The Labute approximate surface area is 738 Å². The fraction of sp³-hybridized carbons (Fsp3) is 0.357. The van der Waals surface area contributed by atoms with E-state index in [4.69, 9.17) is 74.7 Å². The van der Waals surface area contributed by atoms with E-state index in [0.29, 0.717) is 21.8 Å². The number of aliphatic hydroxyl groups is 6. The van der Waals surface area contributed by atoms with Crippen molar-refractivity contribution >= 4 is 112 Å². The van der Waals surface area contributed by atoms with Crippen LogP contribution < -0.4 is 84.4 Å². The highest BCUT2D eigenvalue weighted by Crippen LogP contribution is 2.50. The molecule has 40 nitrogen and oxygen atoms in total. The molecule has 7 aliphatic heterocycles. The minimum atomic E-state index is -2.43. The molecule has 6 aromatic carbocycles. The van der Waals surface area contributed by atoms with E-state index >= 15 is 24.0 Å². The average molecular weight is 1820 g/mol. The minimum Gasteiger partial charge on any atom is -0.508 e. The maximum atomic E-state index is 16.3. The van der Waals surface area contributed by atoms with Gasteiger partial charge in [-0.05, 0) is 151 Å². The second-order valence-electron chi connectivity index (χ2n) is 30.9. The number of hydrogen-bond acceptors (Lipinski definition) is 29. The van der Waals surface area contributed by atoms with Crippen LogP contribution in [0.3, 0.4) is 0 Å². The number of anilines is 1. The van der Waals surface area contributed by atoms with Gasteiger partial charge in [-0.25, -0.2) is 0 Å². The summed E-state index contributed by atoms with van der Waals surface area (Å²) in [5.74, 6) is -20.2. The average Bonchev–Trinajstić information content (AvgIpc) is 0.764. The fourth-order valence-electron chi connectivity index (χ4n) is 14.8. The second-order valence-corrected chi connectivity index (χ2v) is 32.2. The molecule has 24 N–H and O–H groups in total. The van der Waals surface area contributed by atoms with Gasteiger partial charge in [0, 0.05) is 53.0 Å². The smallest absolute Gasteiger partial charge is 0.327 e. The van der Waals surface area contributed by atoms with Crippen LogP contribution in [0, 0.1) is 5.92 Å². The van der Waals surface area contributed by atoms with E-state index in [1.54, 1.807) is 62.6 Å². The first kappa shape index (κ1) is 95.3. The third-order valence-corrected chi connectivity index (χ3v) is 22.2. The molecule has 0 saturated carbocycles. The molecule has 7 aliphatic rings. The number of fused-ring (bicyclic) bond motifs is 15. The lowest BCUT2D eigenvalue weighted by Crippen LogP contribution is -2.65. The monoisotopic (exact) mass is 1820 g/mol. The first-order valence-corrected chi connectivity index (χ1v) is 40.2. The normalized spacial score (nSPS) is 25.6. The van der Waals surface area contributed by atoms with E-state index in [1.165, 1.54) is 44.6 Å². The highest BCUT2D eigenvalue weighted by molar-refractivity contribution is 6.34. The number of hydrogen-bond donors (Lipinski definition) is 22. The van der Waals surface area contributed by atoms with E-state index in [0.717, 1.165) is 66.7 Å². The molecule has 0 radical (unpaired) electrons. The number of nitrogens with one attached hydrogen (secondary N) is 11. The molecule has 1 aromatic heterocycles. The molecule has 11 bridgehead atoms. The molecular formula is C84H93Cl3N14O26. The van der Waals surface area contributed by atoms with Crippen molar-refractivity contribution in [3.05, 3.63) is 182 Å². The van der Waals surface area contributed by atoms with Crippen molar-refractivity contribution < 1.29 is 127 Å². The summed E-state index contributed by atoms with van der Waals surface area (Å²) < 4.78 is 39.5. The number of hydrazine groups is 1. The summed E-state index contributed by atoms with van der Waals surface area (Å²) in [5.41, 5.74) is 11.4. The molecule has 2 fully saturated rings. The summed E-state index contributed by atoms with van der Waals surface area (Å²) in [5, 5.41) is 130. The zero-order chi connectivity index (χ0) is 91.2. The third kappa shape index (κ3) is 22.0. The van der Waals surface area contributed by atoms with Crippen molar-refractivity contribution in [2.45, 2.75) is 170 Å². The first-order chi connectivity index (χ1) is 59.8. The van der Waals surface area contributed by atoms with Crippen molar-refractivity contribution in [1.29, 1.82) is 0 Å². The van der Waals surface area contributed by atoms with E-state index in [1.807, 2.05) is 5.43 Å². The Morgan fingerprint density at radius 3 is 1.96 bits per heavy atom. The number of aromatic hydroxyl groups is 3. The summed E-state index contributed by atoms with van der Waals surface area (Å²) >= 11 is 20.4. The minimum absolute atomic E-state index is 0. The second kappa shape index (κ2) is 40.5. The molecular weight excluding hydrogens is 1730 g/mol. The number of nitrogens with zero attached hydrogens (tertiary/aromatic N) is 1. The number of benzene rings is 6. The molecule has 676 valence electrons. The van der Waals surface area contributed by atoms with Crippen LogP contribution in [0.15, 0.2) is 128 Å². The van der Waals surface area contributed by atoms with Gasteiger partial charge in [-0.1, -0.05) is 86.4 Å². The summed E-state index contributed by atoms with van der Waals surface area (Å²) in [6, 6.07) is 6.83. The zero-order valence-corrected chi connectivity index (χ0v) is 69.6. The van der Waals surface area contributed by atoms with Crippen LogP contribution in [-0.4, -0.2) is 208 Å². The van der Waals surface area contributed by atoms with E-state index < -0.39 is 271 Å². The Hall–Kier alpha value is -12.4. The number of carbonyl (C=O) groups is 11. The number of aromatic nitrogens is 1. The molecule has 18 atom stereocenters. The highest BCUT2D eigenvalue weighted by atomic mass is 35.5. The van der Waals surface area contributed by atoms with E-state index in [2.05, 4.69) is 52.8 Å². The number of likely N-dealkylation sites (N-methyl/N-ethyl adjacent to an activating group) is 1. The summed E-state index contributed by atoms with van der Waals surface area (Å²) in [7, 11) is 1.46. The van der Waals surface area contributed by atoms with Crippen LogP contribution in [0.1, 0.15) is 124 Å². The molecule has 127 heavy (non-hydrogen) atoms. The molecule has 8 heterocycles. The SMILES string of the molecule is C.CNC(CC(C)C)C(=O)NC1C(=O)NC(CC(N)=O)C(=O)NC2C(=O)NC3C(=O)NC(C(=O)NC(C(=O)NNC(=O)C(N)=O)c4cc(O)cc(O)c4-c4cc3ccc4O)C(O)c3ccc(c(Cl)c3)Oc3cc2cc(c3OC2OC(CO)C(O)C(O)C2OC2CC(C)(NCc3cncc(NC(=O)/C=C/c4ccc(Cl)cc4)c3)C(O)C(C)O2)Oc2ccc(cc2Cl)C1O. The summed E-state index contributed by atoms with van der Waals surface area (Å²) in [6.07, 6.45) is -13.8. The first-order valence-electron chi connectivity index (χ1n) is 39.1. The van der Waals surface area contributed by atoms with Gasteiger partial charge in [0.25, 0.3) is 5.91 Å². The number of amides is 11. The number of aliphatic hydroxyl groups excluding tert-OH is 6. The Kier molecular flexibility index (Phi) is 30.4. The molecule has 43 heteroatoms. The Balaban J connectivity index is 0.0000156. The van der Waals surface area contributed by atoms with Gasteiger partial charge in [0.2, 0.25) is 59.3 Å². The Morgan fingerprint density at radius 2 is 1.33 bits per heavy atom. The maximum Gasteiger partial charge on any atom is 0.327 e. The lowest BCUT2D eigenvalue weighted by molar-refractivity contribution is -0.334. The molecule has 0 aliphatic carbocycles. The number of pyridine rings is 1. The van der Waals surface area contributed by atoms with E-state index in [-0.39, 0.29) is 43.9 Å². The number of carbonyl (C=O) groups excluding carboxylic acids is 11. The quantitative estimate of drug-likeness (QED) is 0.0312. The van der Waals surface area contributed by atoms with E-state index in [9.17, 15) is 74.7 Å². The fourth-order valence-corrected chi connectivity index (χ4v) is 15.4. The highest BCUT2D eigenvalue weighted by Gasteiger charge is 2.52. The summed E-state index contributed by atoms with van der Waals surface area (Å²) in [6.45, 7) is 5.71. The number of nitrogens with two attached hydrogens (primary N) is 2. The van der Waals surface area contributed by atoms with Gasteiger partial charge in [-0.2, -0.15) is 0 Å². The van der Waals surface area contributed by atoms with Crippen molar-refractivity contribution in [2.75, 3.05) is 19.0 Å². The molecule has 18 unspecified atom stereocenters. The largest absolute Gasteiger partial charge is 0.508 e. The number of primary amides is 2. The Bertz CT molecular complexity index is 5430. The lowest BCUT2D eigenvalue weighted by Gasteiger charge is -2.48. The summed E-state index contributed by atoms with van der Waals surface area (Å²) in [4.78, 5) is 162.